The number of nitrogens with one attached hydrogen (secondary N) is 2. The average Bonchev–Trinajstić information content (AvgIpc) is 2.55. The number of aryl methyl sites for hydroxylation is 1. The number of anilines is 1. The lowest BCUT2D eigenvalue weighted by Gasteiger charge is -2.17. The smallest absolute Gasteiger partial charge is 0.240 e. The molecule has 0 radical (unpaired) electrons. The molecule has 0 fully saturated rings. The molecule has 1 aliphatic heterocycles. The molecule has 2 aromatic carbocycles. The minimum atomic E-state index is -3.65. The molecule has 7 heteroatoms. The molecular weight excluding hydrogens is 331 g/mol. The predicted octanol–water partition coefficient (Wildman–Crippen LogP) is 2.23. The number of hydrogen-bond donors (Lipinski definition) is 2. The third kappa shape index (κ3) is 3.80. The standard InChI is InChI=1S/C17H17FN2O3S/c18-14-3-5-15(6-4-14)24(22,23)19-10-9-12-1-7-16-13(11-12)2-8-17(21)20-16/h1,3-7,11,19H,2,8-10H2,(H,20,21). The Hall–Kier alpha value is -2.25. The van der Waals surface area contributed by atoms with Crippen molar-refractivity contribution in [3.05, 3.63) is 59.4 Å². The van der Waals surface area contributed by atoms with Gasteiger partial charge in [-0.2, -0.15) is 0 Å². The molecule has 2 aromatic rings. The van der Waals surface area contributed by atoms with Crippen LogP contribution in [0, 0.1) is 5.82 Å². The van der Waals surface area contributed by atoms with Crippen molar-refractivity contribution in [2.45, 2.75) is 24.2 Å². The largest absolute Gasteiger partial charge is 0.326 e. The van der Waals surface area contributed by atoms with Gasteiger partial charge >= 0.3 is 0 Å². The highest BCUT2D eigenvalue weighted by atomic mass is 32.2. The van der Waals surface area contributed by atoms with Crippen LogP contribution in [-0.2, 0) is 27.7 Å². The van der Waals surface area contributed by atoms with E-state index < -0.39 is 15.8 Å². The first-order chi connectivity index (χ1) is 11.4. The second kappa shape index (κ2) is 6.70. The van der Waals surface area contributed by atoms with Crippen LogP contribution in [0.3, 0.4) is 0 Å². The minimum Gasteiger partial charge on any atom is -0.326 e. The monoisotopic (exact) mass is 348 g/mol. The van der Waals surface area contributed by atoms with Crippen LogP contribution < -0.4 is 10.0 Å². The summed E-state index contributed by atoms with van der Waals surface area (Å²) >= 11 is 0. The summed E-state index contributed by atoms with van der Waals surface area (Å²) in [6, 6.07) is 10.4. The molecule has 1 amide bonds. The summed E-state index contributed by atoms with van der Waals surface area (Å²) in [7, 11) is -3.65. The Kier molecular flexibility index (Phi) is 4.64. The van der Waals surface area contributed by atoms with E-state index in [4.69, 9.17) is 0 Å². The number of rotatable bonds is 5. The number of benzene rings is 2. The highest BCUT2D eigenvalue weighted by molar-refractivity contribution is 7.89. The molecule has 1 aliphatic rings. The van der Waals surface area contributed by atoms with Crippen molar-refractivity contribution >= 4 is 21.6 Å². The Morgan fingerprint density at radius 3 is 2.58 bits per heavy atom. The molecule has 0 aromatic heterocycles. The first-order valence-electron chi connectivity index (χ1n) is 7.61. The molecule has 126 valence electrons. The molecular formula is C17H17FN2O3S. The van der Waals surface area contributed by atoms with Gasteiger partial charge < -0.3 is 5.32 Å². The molecule has 0 aliphatic carbocycles. The maximum Gasteiger partial charge on any atom is 0.240 e. The fourth-order valence-electron chi connectivity index (χ4n) is 2.62. The van der Waals surface area contributed by atoms with Crippen molar-refractivity contribution in [1.82, 2.24) is 4.72 Å². The summed E-state index contributed by atoms with van der Waals surface area (Å²) in [5, 5.41) is 2.81. The van der Waals surface area contributed by atoms with Gasteiger partial charge in [-0.1, -0.05) is 12.1 Å². The van der Waals surface area contributed by atoms with Crippen molar-refractivity contribution in [3.8, 4) is 0 Å². The average molecular weight is 348 g/mol. The first kappa shape index (κ1) is 16.6. The molecule has 0 saturated heterocycles. The number of sulfonamides is 1. The van der Waals surface area contributed by atoms with Crippen molar-refractivity contribution in [3.63, 3.8) is 0 Å². The molecule has 2 N–H and O–H groups in total. The van der Waals surface area contributed by atoms with Gasteiger partial charge in [-0.25, -0.2) is 17.5 Å². The van der Waals surface area contributed by atoms with Gasteiger partial charge in [-0.3, -0.25) is 4.79 Å². The molecule has 0 unspecified atom stereocenters. The quantitative estimate of drug-likeness (QED) is 0.870. The highest BCUT2D eigenvalue weighted by Crippen LogP contribution is 2.23. The van der Waals surface area contributed by atoms with Crippen LogP contribution in [0.1, 0.15) is 17.5 Å². The fourth-order valence-corrected chi connectivity index (χ4v) is 3.65. The van der Waals surface area contributed by atoms with Crippen LogP contribution in [0.5, 0.6) is 0 Å². The lowest BCUT2D eigenvalue weighted by Crippen LogP contribution is -2.26. The third-order valence-electron chi connectivity index (χ3n) is 3.89. The maximum absolute atomic E-state index is 12.9. The Morgan fingerprint density at radius 1 is 1.08 bits per heavy atom. The number of fused-ring (bicyclic) bond motifs is 1. The van der Waals surface area contributed by atoms with Gasteiger partial charge in [0.15, 0.2) is 0 Å². The molecule has 0 atom stereocenters. The number of carbonyl (C=O) groups excluding carboxylic acids is 1. The number of halogens is 1. The second-order valence-corrected chi connectivity index (χ2v) is 7.41. The summed E-state index contributed by atoms with van der Waals surface area (Å²) in [5.41, 5.74) is 2.88. The normalized spacial score (nSPS) is 14.1. The zero-order chi connectivity index (χ0) is 17.2. The van der Waals surface area contributed by atoms with Crippen molar-refractivity contribution in [2.75, 3.05) is 11.9 Å². The van der Waals surface area contributed by atoms with E-state index in [-0.39, 0.29) is 17.3 Å². The van der Waals surface area contributed by atoms with E-state index in [9.17, 15) is 17.6 Å². The van der Waals surface area contributed by atoms with Crippen LogP contribution in [0.4, 0.5) is 10.1 Å². The van der Waals surface area contributed by atoms with Gasteiger partial charge in [-0.15, -0.1) is 0 Å². The van der Waals surface area contributed by atoms with Gasteiger partial charge in [0.2, 0.25) is 15.9 Å². The lowest BCUT2D eigenvalue weighted by atomic mass is 9.99. The third-order valence-corrected chi connectivity index (χ3v) is 5.37. The molecule has 0 spiro atoms. The highest BCUT2D eigenvalue weighted by Gasteiger charge is 2.16. The Bertz CT molecular complexity index is 864. The van der Waals surface area contributed by atoms with Gasteiger partial charge in [0.25, 0.3) is 0 Å². The number of amides is 1. The van der Waals surface area contributed by atoms with Crippen molar-refractivity contribution < 1.29 is 17.6 Å². The van der Waals surface area contributed by atoms with E-state index in [1.54, 1.807) is 0 Å². The zero-order valence-corrected chi connectivity index (χ0v) is 13.7. The summed E-state index contributed by atoms with van der Waals surface area (Å²) in [6.07, 6.45) is 1.69. The minimum absolute atomic E-state index is 0.0160. The van der Waals surface area contributed by atoms with Crippen LogP contribution in [-0.4, -0.2) is 20.9 Å². The van der Waals surface area contributed by atoms with Gasteiger partial charge in [0, 0.05) is 18.7 Å². The summed E-state index contributed by atoms with van der Waals surface area (Å²) in [6.45, 7) is 0.241. The van der Waals surface area contributed by atoms with E-state index in [2.05, 4.69) is 10.0 Å². The summed E-state index contributed by atoms with van der Waals surface area (Å²) < 4.78 is 39.6. The van der Waals surface area contributed by atoms with Crippen molar-refractivity contribution in [2.24, 2.45) is 0 Å². The number of hydrogen-bond acceptors (Lipinski definition) is 3. The van der Waals surface area contributed by atoms with E-state index in [1.807, 2.05) is 18.2 Å². The topological polar surface area (TPSA) is 75.3 Å². The molecule has 24 heavy (non-hydrogen) atoms. The van der Waals surface area contributed by atoms with Crippen LogP contribution in [0.2, 0.25) is 0 Å². The number of carbonyl (C=O) groups is 1. The summed E-state index contributed by atoms with van der Waals surface area (Å²) in [5.74, 6) is -0.461. The predicted molar refractivity (Wildman–Crippen MR) is 88.7 cm³/mol. The summed E-state index contributed by atoms with van der Waals surface area (Å²) in [4.78, 5) is 11.4. The Balaban J connectivity index is 1.62. The van der Waals surface area contributed by atoms with Crippen molar-refractivity contribution in [1.29, 1.82) is 0 Å². The van der Waals surface area contributed by atoms with Gasteiger partial charge in [0.1, 0.15) is 5.82 Å². The van der Waals surface area contributed by atoms with Gasteiger partial charge in [0.05, 0.1) is 4.90 Å². The van der Waals surface area contributed by atoms with Crippen LogP contribution >= 0.6 is 0 Å². The van der Waals surface area contributed by atoms with Crippen LogP contribution in [0.25, 0.3) is 0 Å². The Morgan fingerprint density at radius 2 is 1.83 bits per heavy atom. The van der Waals surface area contributed by atoms with E-state index >= 15 is 0 Å². The first-order valence-corrected chi connectivity index (χ1v) is 9.09. The molecule has 5 nitrogen and oxygen atoms in total. The van der Waals surface area contributed by atoms with Crippen LogP contribution in [0.15, 0.2) is 47.4 Å². The molecule has 3 rings (SSSR count). The second-order valence-electron chi connectivity index (χ2n) is 5.64. The molecule has 1 heterocycles. The molecule has 0 saturated carbocycles. The Labute approximate surface area is 139 Å². The lowest BCUT2D eigenvalue weighted by molar-refractivity contribution is -0.116. The SMILES string of the molecule is O=C1CCc2cc(CCNS(=O)(=O)c3ccc(F)cc3)ccc2N1. The van der Waals surface area contributed by atoms with Gasteiger partial charge in [-0.05, 0) is 54.3 Å². The fraction of sp³-hybridized carbons (Fsp3) is 0.235. The van der Waals surface area contributed by atoms with E-state index in [1.165, 1.54) is 12.1 Å². The molecule has 0 bridgehead atoms. The maximum atomic E-state index is 12.9. The van der Waals surface area contributed by atoms with E-state index in [0.29, 0.717) is 19.3 Å². The van der Waals surface area contributed by atoms with E-state index in [0.717, 1.165) is 28.9 Å². The zero-order valence-electron chi connectivity index (χ0n) is 12.9.